The van der Waals surface area contributed by atoms with Gasteiger partial charge in [-0.2, -0.15) is 0 Å². The van der Waals surface area contributed by atoms with Crippen LogP contribution in [0.2, 0.25) is 0 Å². The molecule has 15 heavy (non-hydrogen) atoms. The fourth-order valence-corrected chi connectivity index (χ4v) is 4.38. The molecular weight excluding hydrogens is 184 g/mol. The molecule has 2 heterocycles. The molecule has 0 aromatic rings. The Morgan fingerprint density at radius 2 is 1.73 bits per heavy atom. The minimum atomic E-state index is 0.997. The lowest BCUT2D eigenvalue weighted by atomic mass is 9.80. The van der Waals surface area contributed by atoms with Crippen molar-refractivity contribution in [1.29, 1.82) is 0 Å². The van der Waals surface area contributed by atoms with Crippen LogP contribution in [0.3, 0.4) is 0 Å². The van der Waals surface area contributed by atoms with Crippen molar-refractivity contribution in [3.8, 4) is 0 Å². The molecule has 0 spiro atoms. The molecule has 1 saturated carbocycles. The highest BCUT2D eigenvalue weighted by molar-refractivity contribution is 4.81. The van der Waals surface area contributed by atoms with Gasteiger partial charge in [0.25, 0.3) is 0 Å². The van der Waals surface area contributed by atoms with Crippen LogP contribution in [0.15, 0.2) is 0 Å². The van der Waals surface area contributed by atoms with E-state index in [-0.39, 0.29) is 0 Å². The maximum Gasteiger partial charge on any atom is 0.141 e. The first-order chi connectivity index (χ1) is 7.45. The lowest BCUT2D eigenvalue weighted by molar-refractivity contribution is -0.972. The lowest BCUT2D eigenvalue weighted by Crippen LogP contribution is -3.24. The second-order valence-corrected chi connectivity index (χ2v) is 5.91. The molecule has 0 amide bonds. The summed E-state index contributed by atoms with van der Waals surface area (Å²) in [5.74, 6) is 1.07. The first-order valence-corrected chi connectivity index (χ1v) is 7.13. The van der Waals surface area contributed by atoms with Crippen LogP contribution in [0.25, 0.3) is 0 Å². The molecule has 3 rings (SSSR count). The van der Waals surface area contributed by atoms with Gasteiger partial charge in [0, 0.05) is 18.8 Å². The molecule has 3 atom stereocenters. The van der Waals surface area contributed by atoms with Gasteiger partial charge in [0.05, 0.1) is 6.54 Å². The van der Waals surface area contributed by atoms with E-state index in [4.69, 9.17) is 0 Å². The van der Waals surface area contributed by atoms with E-state index in [1.165, 1.54) is 64.6 Å². The summed E-state index contributed by atoms with van der Waals surface area (Å²) in [5.41, 5.74) is 0. The van der Waals surface area contributed by atoms with Crippen LogP contribution in [-0.4, -0.2) is 31.7 Å². The summed E-state index contributed by atoms with van der Waals surface area (Å²) >= 11 is 0. The topological polar surface area (TPSA) is 21.1 Å². The Morgan fingerprint density at radius 3 is 2.60 bits per heavy atom. The summed E-state index contributed by atoms with van der Waals surface area (Å²) in [6.07, 6.45) is 10.6. The Morgan fingerprint density at radius 1 is 0.867 bits per heavy atom. The summed E-state index contributed by atoms with van der Waals surface area (Å²) in [6, 6.07) is 2.03. The third kappa shape index (κ3) is 1.94. The first-order valence-electron chi connectivity index (χ1n) is 7.13. The SMILES string of the molecule is C1CCC([C@H]2[NH2+]CC[NH+]3CCC[C@H]23)CC1. The molecule has 0 bridgehead atoms. The van der Waals surface area contributed by atoms with Crippen LogP contribution < -0.4 is 10.2 Å². The summed E-state index contributed by atoms with van der Waals surface area (Å²) in [7, 11) is 0. The lowest BCUT2D eigenvalue weighted by Gasteiger charge is -2.37. The Bertz CT molecular complexity index is 211. The van der Waals surface area contributed by atoms with E-state index in [0.29, 0.717) is 0 Å². The van der Waals surface area contributed by atoms with Crippen LogP contribution in [0.4, 0.5) is 0 Å². The van der Waals surface area contributed by atoms with E-state index in [9.17, 15) is 0 Å². The molecule has 3 fully saturated rings. The van der Waals surface area contributed by atoms with Crippen molar-refractivity contribution in [3.05, 3.63) is 0 Å². The van der Waals surface area contributed by atoms with Crippen LogP contribution in [0.1, 0.15) is 44.9 Å². The normalized spacial score (nSPS) is 42.8. The quantitative estimate of drug-likeness (QED) is 0.585. The van der Waals surface area contributed by atoms with Crippen LogP contribution in [-0.2, 0) is 0 Å². The Hall–Kier alpha value is -0.0800. The number of nitrogens with one attached hydrogen (secondary N) is 1. The molecule has 3 aliphatic rings. The minimum absolute atomic E-state index is 0.997. The summed E-state index contributed by atoms with van der Waals surface area (Å²) in [6.45, 7) is 4.31. The molecule has 3 N–H and O–H groups in total. The molecule has 1 aliphatic carbocycles. The van der Waals surface area contributed by atoms with E-state index in [2.05, 4.69) is 5.32 Å². The largest absolute Gasteiger partial charge is 0.334 e. The average molecular weight is 210 g/mol. The van der Waals surface area contributed by atoms with E-state index >= 15 is 0 Å². The summed E-state index contributed by atoms with van der Waals surface area (Å²) < 4.78 is 0. The van der Waals surface area contributed by atoms with Gasteiger partial charge in [-0.05, 0) is 12.8 Å². The predicted octanol–water partition coefficient (Wildman–Crippen LogP) is -0.440. The van der Waals surface area contributed by atoms with Crippen LogP contribution in [0.5, 0.6) is 0 Å². The fraction of sp³-hybridized carbons (Fsp3) is 1.00. The van der Waals surface area contributed by atoms with Crippen molar-refractivity contribution >= 4 is 0 Å². The molecule has 2 nitrogen and oxygen atoms in total. The van der Waals surface area contributed by atoms with Gasteiger partial charge in [0.2, 0.25) is 0 Å². The van der Waals surface area contributed by atoms with Gasteiger partial charge in [-0.15, -0.1) is 0 Å². The number of hydrogen-bond acceptors (Lipinski definition) is 0. The third-order valence-electron chi connectivity index (χ3n) is 5.10. The highest BCUT2D eigenvalue weighted by atomic mass is 15.2. The summed E-state index contributed by atoms with van der Waals surface area (Å²) in [4.78, 5) is 1.95. The number of quaternary nitrogens is 2. The Balaban J connectivity index is 1.67. The molecular formula is C13H26N2+2. The molecule has 2 heteroatoms. The van der Waals surface area contributed by atoms with Gasteiger partial charge in [-0.3, -0.25) is 0 Å². The van der Waals surface area contributed by atoms with Gasteiger partial charge in [0.1, 0.15) is 25.2 Å². The van der Waals surface area contributed by atoms with E-state index in [1.807, 2.05) is 4.90 Å². The number of rotatable bonds is 1. The van der Waals surface area contributed by atoms with Crippen LogP contribution >= 0.6 is 0 Å². The molecule has 0 radical (unpaired) electrons. The van der Waals surface area contributed by atoms with Gasteiger partial charge in [0.15, 0.2) is 0 Å². The van der Waals surface area contributed by atoms with E-state index < -0.39 is 0 Å². The zero-order valence-corrected chi connectivity index (χ0v) is 9.88. The number of nitrogens with two attached hydrogens (primary N) is 1. The standard InChI is InChI=1S/C13H24N2/c1-2-5-11(6-3-1)13-12-7-4-9-15(12)10-8-14-13/h11-14H,1-10H2/p+2/t12-,13-/m1/s1. The van der Waals surface area contributed by atoms with Crippen molar-refractivity contribution < 1.29 is 10.2 Å². The van der Waals surface area contributed by atoms with Crippen molar-refractivity contribution in [2.45, 2.75) is 57.0 Å². The monoisotopic (exact) mass is 210 g/mol. The predicted molar refractivity (Wildman–Crippen MR) is 60.9 cm³/mol. The van der Waals surface area contributed by atoms with Gasteiger partial charge in [-0.25, -0.2) is 0 Å². The van der Waals surface area contributed by atoms with Crippen molar-refractivity contribution in [2.75, 3.05) is 19.6 Å². The van der Waals surface area contributed by atoms with Crippen molar-refractivity contribution in [1.82, 2.24) is 0 Å². The number of fused-ring (bicyclic) bond motifs is 1. The fourth-order valence-electron chi connectivity index (χ4n) is 4.38. The number of hydrogen-bond donors (Lipinski definition) is 2. The average Bonchev–Trinajstić information content (AvgIpc) is 2.78. The molecule has 2 aliphatic heterocycles. The molecule has 2 saturated heterocycles. The molecule has 0 aromatic heterocycles. The third-order valence-corrected chi connectivity index (χ3v) is 5.10. The smallest absolute Gasteiger partial charge is 0.141 e. The molecule has 86 valence electrons. The van der Waals surface area contributed by atoms with Gasteiger partial charge >= 0.3 is 0 Å². The maximum atomic E-state index is 2.70. The second kappa shape index (κ2) is 4.42. The highest BCUT2D eigenvalue weighted by Gasteiger charge is 2.44. The number of piperazine rings is 1. The van der Waals surface area contributed by atoms with Gasteiger partial charge < -0.3 is 10.2 Å². The molecule has 0 aromatic carbocycles. The second-order valence-electron chi connectivity index (χ2n) is 5.91. The Labute approximate surface area is 93.4 Å². The minimum Gasteiger partial charge on any atom is -0.334 e. The zero-order valence-electron chi connectivity index (χ0n) is 9.88. The van der Waals surface area contributed by atoms with Gasteiger partial charge in [-0.1, -0.05) is 19.3 Å². The van der Waals surface area contributed by atoms with Crippen molar-refractivity contribution in [2.24, 2.45) is 5.92 Å². The highest BCUT2D eigenvalue weighted by Crippen LogP contribution is 2.27. The Kier molecular flexibility index (Phi) is 2.98. The molecule has 1 unspecified atom stereocenters. The maximum absolute atomic E-state index is 2.70. The summed E-state index contributed by atoms with van der Waals surface area (Å²) in [5, 5.41) is 2.70. The van der Waals surface area contributed by atoms with E-state index in [1.54, 1.807) is 0 Å². The zero-order chi connectivity index (χ0) is 10.1. The van der Waals surface area contributed by atoms with Crippen LogP contribution in [0, 0.1) is 5.92 Å². The first kappa shape index (κ1) is 10.1. The van der Waals surface area contributed by atoms with Crippen molar-refractivity contribution in [3.63, 3.8) is 0 Å². The van der Waals surface area contributed by atoms with E-state index in [0.717, 1.165) is 18.0 Å².